The van der Waals surface area contributed by atoms with Gasteiger partial charge in [-0.25, -0.2) is 13.6 Å². The van der Waals surface area contributed by atoms with E-state index in [1.54, 1.807) is 0 Å². The van der Waals surface area contributed by atoms with Crippen molar-refractivity contribution in [3.05, 3.63) is 52.6 Å². The average Bonchev–Trinajstić information content (AvgIpc) is 2.38. The maximum Gasteiger partial charge on any atom is 0.338 e. The maximum atomic E-state index is 13.6. The second-order valence-corrected chi connectivity index (χ2v) is 4.24. The van der Waals surface area contributed by atoms with E-state index in [0.29, 0.717) is 0 Å². The first kappa shape index (κ1) is 14.1. The molecule has 20 heavy (non-hydrogen) atoms. The van der Waals surface area contributed by atoms with Gasteiger partial charge in [-0.3, -0.25) is 0 Å². The zero-order chi connectivity index (χ0) is 14.9. The highest BCUT2D eigenvalue weighted by molar-refractivity contribution is 6.30. The molecule has 2 aromatic rings. The van der Waals surface area contributed by atoms with E-state index in [0.717, 1.165) is 12.1 Å². The molecule has 0 aromatic heterocycles. The first-order chi connectivity index (χ1) is 9.40. The average molecular weight is 300 g/mol. The minimum absolute atomic E-state index is 0.136. The molecule has 0 aliphatic rings. The van der Waals surface area contributed by atoms with Crippen molar-refractivity contribution in [3.8, 4) is 11.5 Å². The molecule has 2 rings (SSSR count). The van der Waals surface area contributed by atoms with Gasteiger partial charge in [0.1, 0.15) is 5.82 Å². The number of carbonyl (C=O) groups is 1. The molecule has 0 radical (unpaired) electrons. The summed E-state index contributed by atoms with van der Waals surface area (Å²) in [6.07, 6.45) is 0. The highest BCUT2D eigenvalue weighted by Crippen LogP contribution is 2.33. The number of ether oxygens (including phenoxy) is 1. The molecule has 0 saturated carbocycles. The number of rotatable bonds is 3. The highest BCUT2D eigenvalue weighted by atomic mass is 35.5. The Balaban J connectivity index is 2.42. The fraction of sp³-hybridized carbons (Fsp3) is 0. The van der Waals surface area contributed by atoms with Crippen LogP contribution in [0.15, 0.2) is 30.3 Å². The van der Waals surface area contributed by atoms with Gasteiger partial charge in [0.05, 0.1) is 16.3 Å². The van der Waals surface area contributed by atoms with Gasteiger partial charge in [-0.05, 0) is 18.2 Å². The Morgan fingerprint density at radius 1 is 1.25 bits per heavy atom. The van der Waals surface area contributed by atoms with E-state index in [2.05, 4.69) is 0 Å². The van der Waals surface area contributed by atoms with Gasteiger partial charge in [-0.15, -0.1) is 0 Å². The normalized spacial score (nSPS) is 10.3. The molecule has 4 nitrogen and oxygen atoms in total. The van der Waals surface area contributed by atoms with Crippen molar-refractivity contribution in [3.63, 3.8) is 0 Å². The summed E-state index contributed by atoms with van der Waals surface area (Å²) < 4.78 is 32.3. The molecule has 0 aliphatic carbocycles. The van der Waals surface area contributed by atoms with Crippen molar-refractivity contribution < 1.29 is 23.4 Å². The Hall–Kier alpha value is -2.34. The van der Waals surface area contributed by atoms with E-state index in [1.807, 2.05) is 0 Å². The Morgan fingerprint density at radius 3 is 2.60 bits per heavy atom. The number of aromatic carboxylic acids is 1. The van der Waals surface area contributed by atoms with Crippen LogP contribution in [0.2, 0.25) is 5.02 Å². The third kappa shape index (κ3) is 2.65. The number of nitrogens with two attached hydrogens (primary N) is 1. The topological polar surface area (TPSA) is 72.6 Å². The SMILES string of the molecule is Nc1cc(C(=O)O)c(F)cc1Oc1cccc(Cl)c1F. The van der Waals surface area contributed by atoms with Crippen molar-refractivity contribution in [1.82, 2.24) is 0 Å². The Bertz CT molecular complexity index is 692. The lowest BCUT2D eigenvalue weighted by Gasteiger charge is -2.11. The van der Waals surface area contributed by atoms with Gasteiger partial charge in [0.25, 0.3) is 0 Å². The number of anilines is 1. The molecular weight excluding hydrogens is 292 g/mol. The van der Waals surface area contributed by atoms with Crippen LogP contribution in [-0.2, 0) is 0 Å². The van der Waals surface area contributed by atoms with Gasteiger partial charge < -0.3 is 15.6 Å². The Kier molecular flexibility index (Phi) is 3.76. The van der Waals surface area contributed by atoms with Gasteiger partial charge in [0.15, 0.2) is 17.3 Å². The molecule has 0 atom stereocenters. The van der Waals surface area contributed by atoms with Gasteiger partial charge in [-0.1, -0.05) is 17.7 Å². The van der Waals surface area contributed by atoms with Crippen LogP contribution in [0.1, 0.15) is 10.4 Å². The standard InChI is InChI=1S/C13H8ClF2NO3/c14-7-2-1-3-10(12(7)16)20-11-5-8(15)6(13(18)19)4-9(11)17/h1-5H,17H2,(H,18,19). The fourth-order valence-corrected chi connectivity index (χ4v) is 1.67. The number of nitrogen functional groups attached to an aromatic ring is 1. The molecule has 0 aliphatic heterocycles. The molecule has 7 heteroatoms. The van der Waals surface area contributed by atoms with Crippen LogP contribution < -0.4 is 10.5 Å². The predicted octanol–water partition coefficient (Wildman–Crippen LogP) is 3.69. The summed E-state index contributed by atoms with van der Waals surface area (Å²) in [5, 5.41) is 8.57. The van der Waals surface area contributed by atoms with Crippen molar-refractivity contribution >= 4 is 23.3 Å². The lowest BCUT2D eigenvalue weighted by molar-refractivity contribution is 0.0692. The van der Waals surface area contributed by atoms with E-state index >= 15 is 0 Å². The second-order valence-electron chi connectivity index (χ2n) is 3.83. The Labute approximate surface area is 117 Å². The summed E-state index contributed by atoms with van der Waals surface area (Å²) in [6.45, 7) is 0. The van der Waals surface area contributed by atoms with Crippen molar-refractivity contribution in [2.75, 3.05) is 5.73 Å². The van der Waals surface area contributed by atoms with Crippen LogP contribution in [0.4, 0.5) is 14.5 Å². The van der Waals surface area contributed by atoms with E-state index in [-0.39, 0.29) is 22.2 Å². The molecule has 0 bridgehead atoms. The number of benzene rings is 2. The summed E-state index contributed by atoms with van der Waals surface area (Å²) in [5.74, 6) is -3.77. The van der Waals surface area contributed by atoms with Crippen LogP contribution in [-0.4, -0.2) is 11.1 Å². The second kappa shape index (κ2) is 5.34. The highest BCUT2D eigenvalue weighted by Gasteiger charge is 2.16. The van der Waals surface area contributed by atoms with Crippen LogP contribution in [0.5, 0.6) is 11.5 Å². The summed E-state index contributed by atoms with van der Waals surface area (Å²) in [7, 11) is 0. The lowest BCUT2D eigenvalue weighted by atomic mass is 10.1. The van der Waals surface area contributed by atoms with Crippen molar-refractivity contribution in [2.24, 2.45) is 0 Å². The zero-order valence-corrected chi connectivity index (χ0v) is 10.6. The summed E-state index contributed by atoms with van der Waals surface area (Å²) in [4.78, 5) is 10.7. The minimum atomic E-state index is -1.46. The van der Waals surface area contributed by atoms with E-state index in [1.165, 1.54) is 18.2 Å². The number of hydrogen-bond donors (Lipinski definition) is 2. The Morgan fingerprint density at radius 2 is 1.95 bits per heavy atom. The third-order valence-corrected chi connectivity index (χ3v) is 2.76. The molecule has 0 spiro atoms. The van der Waals surface area contributed by atoms with Crippen LogP contribution in [0, 0.1) is 11.6 Å². The molecule has 0 amide bonds. The van der Waals surface area contributed by atoms with Gasteiger partial charge >= 0.3 is 5.97 Å². The smallest absolute Gasteiger partial charge is 0.338 e. The summed E-state index contributed by atoms with van der Waals surface area (Å²) in [6, 6.07) is 5.72. The first-order valence-corrected chi connectivity index (χ1v) is 5.72. The monoisotopic (exact) mass is 299 g/mol. The van der Waals surface area contributed by atoms with E-state index < -0.39 is 23.2 Å². The van der Waals surface area contributed by atoms with Crippen molar-refractivity contribution in [2.45, 2.75) is 0 Å². The lowest BCUT2D eigenvalue weighted by Crippen LogP contribution is -2.03. The van der Waals surface area contributed by atoms with Crippen LogP contribution >= 0.6 is 11.6 Å². The number of carboxylic acids is 1. The number of hydrogen-bond acceptors (Lipinski definition) is 3. The fourth-order valence-electron chi connectivity index (χ4n) is 1.51. The zero-order valence-electron chi connectivity index (χ0n) is 9.86. The third-order valence-electron chi connectivity index (χ3n) is 2.47. The molecule has 0 saturated heterocycles. The molecule has 0 fully saturated rings. The molecule has 104 valence electrons. The van der Waals surface area contributed by atoms with Crippen LogP contribution in [0.3, 0.4) is 0 Å². The molecule has 3 N–H and O–H groups in total. The molecular formula is C13H8ClF2NO3. The van der Waals surface area contributed by atoms with Gasteiger partial charge in [-0.2, -0.15) is 0 Å². The van der Waals surface area contributed by atoms with E-state index in [9.17, 15) is 13.6 Å². The van der Waals surface area contributed by atoms with Crippen LogP contribution in [0.25, 0.3) is 0 Å². The number of carboxylic acid groups (broad SMARTS) is 1. The largest absolute Gasteiger partial charge is 0.478 e. The molecule has 2 aromatic carbocycles. The number of halogens is 3. The summed E-state index contributed by atoms with van der Waals surface area (Å²) >= 11 is 5.58. The van der Waals surface area contributed by atoms with Gasteiger partial charge in [0.2, 0.25) is 0 Å². The maximum absolute atomic E-state index is 13.6. The predicted molar refractivity (Wildman–Crippen MR) is 69.3 cm³/mol. The molecule has 0 heterocycles. The quantitative estimate of drug-likeness (QED) is 0.848. The molecule has 0 unspecified atom stereocenters. The van der Waals surface area contributed by atoms with E-state index in [4.69, 9.17) is 27.2 Å². The first-order valence-electron chi connectivity index (χ1n) is 5.34. The summed E-state index contributed by atoms with van der Waals surface area (Å²) in [5.41, 5.74) is 4.82. The van der Waals surface area contributed by atoms with Crippen molar-refractivity contribution in [1.29, 1.82) is 0 Å². The van der Waals surface area contributed by atoms with Gasteiger partial charge in [0, 0.05) is 6.07 Å². The minimum Gasteiger partial charge on any atom is -0.478 e.